The molecule has 0 saturated carbocycles. The smallest absolute Gasteiger partial charge is 0.894 e. The predicted octanol–water partition coefficient (Wildman–Crippen LogP) is -5.90. The minimum Gasteiger partial charge on any atom is -0.894 e. The summed E-state index contributed by atoms with van der Waals surface area (Å²) in [6.07, 6.45) is 0. The Morgan fingerprint density at radius 3 is 0.875 bits per heavy atom. The first kappa shape index (κ1) is 22.4. The molecule has 0 heterocycles. The van der Waals surface area contributed by atoms with Gasteiger partial charge in [0.1, 0.15) is 0 Å². The van der Waals surface area contributed by atoms with Crippen molar-refractivity contribution < 1.29 is 38.7 Å². The molecule has 0 fully saturated rings. The molecule has 0 bridgehead atoms. The third-order valence-electron chi connectivity index (χ3n) is 0. The fourth-order valence-electron chi connectivity index (χ4n) is 0. The normalized spacial score (nSPS) is 7.50. The number of rotatable bonds is 0. The van der Waals surface area contributed by atoms with Crippen molar-refractivity contribution in [3.05, 3.63) is 0 Å². The van der Waals surface area contributed by atoms with Crippen molar-refractivity contribution in [1.29, 1.82) is 0 Å². The molecule has 0 spiro atoms. The Balaban J connectivity index is -0.0000000267. The molecule has 4 nitrogen and oxygen atoms in total. The van der Waals surface area contributed by atoms with Gasteiger partial charge >= 0.3 is 74.6 Å². The topological polar surface area (TPSA) is 92.2 Å². The van der Waals surface area contributed by atoms with Crippen molar-refractivity contribution in [3.8, 4) is 0 Å². The van der Waals surface area contributed by atoms with Crippen LogP contribution in [0.1, 0.15) is 0 Å². The van der Waals surface area contributed by atoms with Crippen LogP contribution in [0.3, 0.4) is 0 Å². The monoisotopic (exact) mass is 223 g/mol. The molecule has 8 heteroatoms. The van der Waals surface area contributed by atoms with Crippen molar-refractivity contribution in [2.24, 2.45) is 0 Å². The quantitative estimate of drug-likeness (QED) is 0.383. The second kappa shape index (κ2) is 9.47. The molecule has 0 aromatic heterocycles. The van der Waals surface area contributed by atoms with E-state index < -0.39 is 9.05 Å². The van der Waals surface area contributed by atoms with Gasteiger partial charge in [0.15, 0.2) is 0 Å². The Kier molecular flexibility index (Phi) is 26.6. The van der Waals surface area contributed by atoms with Crippen LogP contribution >= 0.6 is 0 Å². The molecule has 0 unspecified atom stereocenters. The van der Waals surface area contributed by atoms with Gasteiger partial charge in [-0.15, -0.1) is 0 Å². The minimum atomic E-state index is -5.61. The molecule has 8 heavy (non-hydrogen) atoms. The zero-order valence-electron chi connectivity index (χ0n) is 4.12. The zero-order valence-corrected chi connectivity index (χ0v) is 11.5. The van der Waals surface area contributed by atoms with E-state index in [1.807, 2.05) is 0 Å². The summed E-state index contributed by atoms with van der Waals surface area (Å²) in [4.78, 5) is 34.3. The Labute approximate surface area is 101 Å². The molecule has 0 aliphatic carbocycles. The molecular formula is AlCaO4SiZn+3. The molecule has 0 aromatic rings. The van der Waals surface area contributed by atoms with Crippen LogP contribution in [0.5, 0.6) is 0 Å². The van der Waals surface area contributed by atoms with E-state index in [1.165, 1.54) is 0 Å². The second-order valence-electron chi connectivity index (χ2n) is 0.500. The first-order valence-corrected chi connectivity index (χ1v) is 2.45. The first-order valence-electron chi connectivity index (χ1n) is 0.816. The molecule has 0 N–H and O–H groups in total. The molecule has 0 radical (unpaired) electrons. The van der Waals surface area contributed by atoms with Crippen LogP contribution in [0.15, 0.2) is 0 Å². The van der Waals surface area contributed by atoms with Crippen LogP contribution in [0.4, 0.5) is 0 Å². The molecule has 0 rings (SSSR count). The van der Waals surface area contributed by atoms with E-state index in [0.29, 0.717) is 0 Å². The maximum atomic E-state index is 8.58. The van der Waals surface area contributed by atoms with Gasteiger partial charge in [-0.25, -0.2) is 0 Å². The summed E-state index contributed by atoms with van der Waals surface area (Å²) in [5.41, 5.74) is 0. The molecule has 0 saturated heterocycles. The Morgan fingerprint density at radius 1 is 0.875 bits per heavy atom. The van der Waals surface area contributed by atoms with Crippen molar-refractivity contribution in [2.45, 2.75) is 0 Å². The van der Waals surface area contributed by atoms with Gasteiger partial charge in [-0.3, -0.25) is 0 Å². The van der Waals surface area contributed by atoms with Gasteiger partial charge in [-0.2, -0.15) is 0 Å². The fraction of sp³-hybridized carbons (Fsp3) is 0. The van der Waals surface area contributed by atoms with Crippen molar-refractivity contribution in [1.82, 2.24) is 0 Å². The maximum absolute atomic E-state index is 8.58. The van der Waals surface area contributed by atoms with Crippen LogP contribution in [-0.4, -0.2) is 64.1 Å². The number of hydrogen-bond acceptors (Lipinski definition) is 4. The molecule has 0 aromatic carbocycles. The van der Waals surface area contributed by atoms with Crippen molar-refractivity contribution >= 4 is 64.1 Å². The molecule has 0 aliphatic heterocycles. The summed E-state index contributed by atoms with van der Waals surface area (Å²) in [5, 5.41) is 0. The summed E-state index contributed by atoms with van der Waals surface area (Å²) in [5.74, 6) is 0. The van der Waals surface area contributed by atoms with Crippen LogP contribution in [0.25, 0.3) is 0 Å². The summed E-state index contributed by atoms with van der Waals surface area (Å²) in [6.45, 7) is 0. The van der Waals surface area contributed by atoms with E-state index in [9.17, 15) is 0 Å². The summed E-state index contributed by atoms with van der Waals surface area (Å²) in [6, 6.07) is 0. The summed E-state index contributed by atoms with van der Waals surface area (Å²) in [7, 11) is -5.61. The van der Waals surface area contributed by atoms with E-state index in [-0.39, 0.29) is 74.6 Å². The molecule has 0 atom stereocenters. The SMILES string of the molecule is [Al+3].[Ca+2].[O-][Si]([O-])([O-])[O-].[Zn+2]. The largest absolute Gasteiger partial charge is 3.00 e. The van der Waals surface area contributed by atoms with Crippen LogP contribution in [-0.2, 0) is 19.5 Å². The van der Waals surface area contributed by atoms with Crippen LogP contribution in [0.2, 0.25) is 0 Å². The minimum absolute atomic E-state index is 0. The van der Waals surface area contributed by atoms with Gasteiger partial charge in [-0.1, -0.05) is 0 Å². The van der Waals surface area contributed by atoms with E-state index in [4.69, 9.17) is 19.2 Å². The standard InChI is InChI=1S/Al.Ca.O4Si.Zn/c;;1-5(2,3)4;/q+3;+2;-4;+2. The van der Waals surface area contributed by atoms with Crippen LogP contribution < -0.4 is 19.2 Å². The average molecular weight is 225 g/mol. The third kappa shape index (κ3) is 77.4. The van der Waals surface area contributed by atoms with Crippen molar-refractivity contribution in [3.63, 3.8) is 0 Å². The van der Waals surface area contributed by atoms with E-state index >= 15 is 0 Å². The summed E-state index contributed by atoms with van der Waals surface area (Å²) >= 11 is 0. The van der Waals surface area contributed by atoms with E-state index in [1.54, 1.807) is 0 Å². The van der Waals surface area contributed by atoms with E-state index in [2.05, 4.69) is 0 Å². The first-order chi connectivity index (χ1) is 2.00. The van der Waals surface area contributed by atoms with Gasteiger partial charge in [0.2, 0.25) is 0 Å². The van der Waals surface area contributed by atoms with E-state index in [0.717, 1.165) is 0 Å². The molecular weight excluding hydrogens is 225 g/mol. The zero-order chi connectivity index (χ0) is 4.50. The van der Waals surface area contributed by atoms with Gasteiger partial charge < -0.3 is 28.2 Å². The predicted molar refractivity (Wildman–Crippen MR) is 17.3 cm³/mol. The Hall–Kier alpha value is 2.47. The fourth-order valence-corrected chi connectivity index (χ4v) is 0. The Morgan fingerprint density at radius 2 is 0.875 bits per heavy atom. The van der Waals surface area contributed by atoms with Crippen molar-refractivity contribution in [2.75, 3.05) is 0 Å². The second-order valence-corrected chi connectivity index (χ2v) is 1.50. The number of hydrogen-bond donors (Lipinski definition) is 0. The van der Waals surface area contributed by atoms with Gasteiger partial charge in [0, 0.05) is 0 Å². The van der Waals surface area contributed by atoms with Gasteiger partial charge in [0.05, 0.1) is 0 Å². The third-order valence-corrected chi connectivity index (χ3v) is 0. The maximum Gasteiger partial charge on any atom is 3.00 e. The average Bonchev–Trinajstić information content (AvgIpc) is 0.722. The van der Waals surface area contributed by atoms with Gasteiger partial charge in [0.25, 0.3) is 0 Å². The molecule has 32 valence electrons. The van der Waals surface area contributed by atoms with Gasteiger partial charge in [-0.05, 0) is 0 Å². The molecule has 0 aliphatic rings. The summed E-state index contributed by atoms with van der Waals surface area (Å²) < 4.78 is 0. The van der Waals surface area contributed by atoms with Crippen LogP contribution in [0, 0.1) is 0 Å². The Bertz CT molecular complexity index is 31.5. The molecule has 0 amide bonds.